The molecule has 2 heterocycles. The molecule has 0 atom stereocenters. The molecule has 0 saturated carbocycles. The van der Waals surface area contributed by atoms with Crippen LogP contribution < -0.4 is 5.32 Å². The van der Waals surface area contributed by atoms with Crippen LogP contribution in [0.4, 0.5) is 0 Å². The third-order valence-electron chi connectivity index (χ3n) is 3.08. The number of nitrogens with one attached hydrogen (secondary N) is 1. The lowest BCUT2D eigenvalue weighted by molar-refractivity contribution is 0.0918. The van der Waals surface area contributed by atoms with Gasteiger partial charge in [0.05, 0.1) is 6.33 Å². The Kier molecular flexibility index (Phi) is 4.24. The van der Waals surface area contributed by atoms with Crippen LogP contribution in [-0.2, 0) is 6.54 Å². The zero-order valence-corrected chi connectivity index (χ0v) is 11.8. The molecule has 1 aromatic carbocycles. The second-order valence-corrected chi connectivity index (χ2v) is 4.69. The summed E-state index contributed by atoms with van der Waals surface area (Å²) in [5.41, 5.74) is 0.786. The third-order valence-corrected chi connectivity index (χ3v) is 3.08. The fourth-order valence-electron chi connectivity index (χ4n) is 1.97. The number of carbonyl (C=O) groups is 1. The van der Waals surface area contributed by atoms with Gasteiger partial charge in [-0.15, -0.1) is 10.2 Å². The van der Waals surface area contributed by atoms with Crippen LogP contribution in [0.3, 0.4) is 0 Å². The van der Waals surface area contributed by atoms with E-state index < -0.39 is 0 Å². The molecule has 0 radical (unpaired) electrons. The zero-order chi connectivity index (χ0) is 15.2. The van der Waals surface area contributed by atoms with E-state index in [-0.39, 0.29) is 11.8 Å². The Morgan fingerprint density at radius 1 is 1.23 bits per heavy atom. The molecule has 1 amide bonds. The van der Waals surface area contributed by atoms with Gasteiger partial charge in [0, 0.05) is 31.0 Å². The van der Waals surface area contributed by atoms with Crippen molar-refractivity contribution in [1.82, 2.24) is 25.1 Å². The number of amides is 1. The van der Waals surface area contributed by atoms with Crippen LogP contribution >= 0.6 is 0 Å². The molecule has 0 bridgehead atoms. The molecule has 3 aromatic rings. The Morgan fingerprint density at radius 2 is 2.09 bits per heavy atom. The number of hydrogen-bond donors (Lipinski definition) is 1. The molecule has 7 nitrogen and oxygen atoms in total. The van der Waals surface area contributed by atoms with Crippen LogP contribution in [0.15, 0.2) is 53.5 Å². The number of hydrogen-bond acceptors (Lipinski definition) is 5. The summed E-state index contributed by atoms with van der Waals surface area (Å²) in [7, 11) is 0. The summed E-state index contributed by atoms with van der Waals surface area (Å²) in [6.45, 7) is 1.32. The first-order chi connectivity index (χ1) is 10.8. The van der Waals surface area contributed by atoms with Crippen molar-refractivity contribution in [3.8, 4) is 11.5 Å². The highest BCUT2D eigenvalue weighted by Crippen LogP contribution is 2.16. The Balaban J connectivity index is 1.51. The number of aromatic nitrogens is 4. The van der Waals surface area contributed by atoms with Crippen LogP contribution in [-0.4, -0.2) is 32.2 Å². The predicted molar refractivity (Wildman–Crippen MR) is 78.9 cm³/mol. The molecule has 0 saturated heterocycles. The smallest absolute Gasteiger partial charge is 0.308 e. The van der Waals surface area contributed by atoms with Crippen LogP contribution in [0, 0.1) is 0 Å². The van der Waals surface area contributed by atoms with E-state index in [4.69, 9.17) is 4.42 Å². The first kappa shape index (κ1) is 14.0. The van der Waals surface area contributed by atoms with E-state index in [0.717, 1.165) is 18.5 Å². The standard InChI is InChI=1S/C15H15N5O2/c21-13(17-7-4-9-20-10-8-16-11-20)15-19-18-14(22-15)12-5-2-1-3-6-12/h1-3,5-6,8,10-11H,4,7,9H2,(H,17,21). The van der Waals surface area contributed by atoms with Gasteiger partial charge in [0.1, 0.15) is 0 Å². The maximum Gasteiger partial charge on any atom is 0.308 e. The second-order valence-electron chi connectivity index (χ2n) is 4.69. The number of benzene rings is 1. The molecule has 2 aromatic heterocycles. The van der Waals surface area contributed by atoms with Crippen molar-refractivity contribution in [3.05, 3.63) is 54.9 Å². The van der Waals surface area contributed by atoms with Crippen molar-refractivity contribution in [2.45, 2.75) is 13.0 Å². The average molecular weight is 297 g/mol. The minimum absolute atomic E-state index is 0.0264. The molecular weight excluding hydrogens is 282 g/mol. The molecule has 0 aliphatic rings. The summed E-state index contributed by atoms with van der Waals surface area (Å²) in [6, 6.07) is 9.33. The predicted octanol–water partition coefficient (Wildman–Crippen LogP) is 1.75. The molecule has 0 spiro atoms. The number of rotatable bonds is 6. The van der Waals surface area contributed by atoms with Crippen molar-refractivity contribution in [2.75, 3.05) is 6.54 Å². The van der Waals surface area contributed by atoms with Crippen molar-refractivity contribution >= 4 is 5.91 Å². The van der Waals surface area contributed by atoms with Crippen LogP contribution in [0.2, 0.25) is 0 Å². The van der Waals surface area contributed by atoms with Crippen molar-refractivity contribution < 1.29 is 9.21 Å². The molecule has 22 heavy (non-hydrogen) atoms. The lowest BCUT2D eigenvalue weighted by atomic mass is 10.2. The Labute approximate surface area is 127 Å². The van der Waals surface area contributed by atoms with E-state index >= 15 is 0 Å². The van der Waals surface area contributed by atoms with Gasteiger partial charge in [0.2, 0.25) is 5.89 Å². The number of carbonyl (C=O) groups excluding carboxylic acids is 1. The minimum atomic E-state index is -0.361. The Morgan fingerprint density at radius 3 is 2.86 bits per heavy atom. The van der Waals surface area contributed by atoms with E-state index in [1.807, 2.05) is 41.1 Å². The molecule has 0 unspecified atom stereocenters. The fraction of sp³-hybridized carbons (Fsp3) is 0.200. The zero-order valence-electron chi connectivity index (χ0n) is 11.8. The van der Waals surface area contributed by atoms with Gasteiger partial charge >= 0.3 is 11.8 Å². The summed E-state index contributed by atoms with van der Waals surface area (Å²) < 4.78 is 7.34. The normalized spacial score (nSPS) is 10.5. The Hall–Kier alpha value is -2.96. The summed E-state index contributed by atoms with van der Waals surface area (Å²) >= 11 is 0. The summed E-state index contributed by atoms with van der Waals surface area (Å²) in [4.78, 5) is 15.9. The largest absolute Gasteiger partial charge is 0.412 e. The molecule has 0 aliphatic heterocycles. The molecule has 0 fully saturated rings. The summed E-state index contributed by atoms with van der Waals surface area (Å²) in [5.74, 6) is -0.0500. The highest BCUT2D eigenvalue weighted by atomic mass is 16.4. The lowest BCUT2D eigenvalue weighted by Crippen LogP contribution is -2.25. The van der Waals surface area contributed by atoms with E-state index in [1.165, 1.54) is 0 Å². The maximum atomic E-state index is 11.9. The van der Waals surface area contributed by atoms with Gasteiger partial charge in [0.15, 0.2) is 0 Å². The molecule has 112 valence electrons. The topological polar surface area (TPSA) is 85.8 Å². The van der Waals surface area contributed by atoms with Gasteiger partial charge in [-0.3, -0.25) is 4.79 Å². The molecule has 7 heteroatoms. The molecule has 1 N–H and O–H groups in total. The molecule has 0 aliphatic carbocycles. The number of imidazole rings is 1. The SMILES string of the molecule is O=C(NCCCn1ccnc1)c1nnc(-c2ccccc2)o1. The van der Waals surface area contributed by atoms with Crippen molar-refractivity contribution in [2.24, 2.45) is 0 Å². The number of nitrogens with zero attached hydrogens (tertiary/aromatic N) is 4. The third kappa shape index (κ3) is 3.38. The van der Waals surface area contributed by atoms with E-state index in [2.05, 4.69) is 20.5 Å². The average Bonchev–Trinajstić information content (AvgIpc) is 3.24. The van der Waals surface area contributed by atoms with E-state index in [0.29, 0.717) is 12.4 Å². The number of aryl methyl sites for hydroxylation is 1. The fourth-order valence-corrected chi connectivity index (χ4v) is 1.97. The monoisotopic (exact) mass is 297 g/mol. The van der Waals surface area contributed by atoms with Gasteiger partial charge in [-0.1, -0.05) is 18.2 Å². The second kappa shape index (κ2) is 6.66. The summed E-state index contributed by atoms with van der Waals surface area (Å²) in [5, 5.41) is 10.4. The van der Waals surface area contributed by atoms with Gasteiger partial charge < -0.3 is 14.3 Å². The van der Waals surface area contributed by atoms with Crippen LogP contribution in [0.5, 0.6) is 0 Å². The first-order valence-electron chi connectivity index (χ1n) is 6.96. The molecule has 3 rings (SSSR count). The minimum Gasteiger partial charge on any atom is -0.412 e. The highest BCUT2D eigenvalue weighted by molar-refractivity contribution is 5.89. The van der Waals surface area contributed by atoms with Crippen LogP contribution in [0.1, 0.15) is 17.1 Å². The van der Waals surface area contributed by atoms with Gasteiger partial charge in [-0.05, 0) is 18.6 Å². The van der Waals surface area contributed by atoms with E-state index in [9.17, 15) is 4.79 Å². The summed E-state index contributed by atoms with van der Waals surface area (Å²) in [6.07, 6.45) is 6.14. The first-order valence-corrected chi connectivity index (χ1v) is 6.96. The maximum absolute atomic E-state index is 11.9. The van der Waals surface area contributed by atoms with E-state index in [1.54, 1.807) is 12.5 Å². The van der Waals surface area contributed by atoms with Crippen molar-refractivity contribution in [3.63, 3.8) is 0 Å². The van der Waals surface area contributed by atoms with Gasteiger partial charge in [0.25, 0.3) is 0 Å². The Bertz CT molecular complexity index is 721. The van der Waals surface area contributed by atoms with Gasteiger partial charge in [-0.2, -0.15) is 0 Å². The quantitative estimate of drug-likeness (QED) is 0.701. The lowest BCUT2D eigenvalue weighted by Gasteiger charge is -2.03. The van der Waals surface area contributed by atoms with Gasteiger partial charge in [-0.25, -0.2) is 4.98 Å². The van der Waals surface area contributed by atoms with Crippen LogP contribution in [0.25, 0.3) is 11.5 Å². The molecular formula is C15H15N5O2. The van der Waals surface area contributed by atoms with Crippen molar-refractivity contribution in [1.29, 1.82) is 0 Å². The highest BCUT2D eigenvalue weighted by Gasteiger charge is 2.14.